The second-order valence-electron chi connectivity index (χ2n) is 2.65. The van der Waals surface area contributed by atoms with Gasteiger partial charge in [0, 0.05) is 0 Å². The predicted molar refractivity (Wildman–Crippen MR) is 43.8 cm³/mol. The van der Waals surface area contributed by atoms with Crippen LogP contribution in [0.15, 0.2) is 18.2 Å². The zero-order valence-electron chi connectivity index (χ0n) is 6.80. The van der Waals surface area contributed by atoms with E-state index in [9.17, 15) is 18.0 Å². The van der Waals surface area contributed by atoms with Crippen molar-refractivity contribution >= 4 is 19.3 Å². The van der Waals surface area contributed by atoms with Crippen LogP contribution in [0, 0.1) is 0 Å². The Morgan fingerprint density at radius 2 is 1.86 bits per heavy atom. The van der Waals surface area contributed by atoms with E-state index in [-0.39, 0.29) is 5.46 Å². The van der Waals surface area contributed by atoms with Crippen LogP contribution in [0.5, 0.6) is 0 Å². The maximum absolute atomic E-state index is 12.2. The second kappa shape index (κ2) is 3.36. The monoisotopic (exact) mass is 200 g/mol. The topological polar surface area (TPSA) is 37.3 Å². The molecule has 72 valence electrons. The van der Waals surface area contributed by atoms with Crippen molar-refractivity contribution in [2.24, 2.45) is 0 Å². The van der Waals surface area contributed by atoms with Gasteiger partial charge in [0.15, 0.2) is 0 Å². The van der Waals surface area contributed by atoms with Crippen LogP contribution in [0.25, 0.3) is 0 Å². The fourth-order valence-electron chi connectivity index (χ4n) is 0.939. The number of hydrogen-bond donors (Lipinski definition) is 1. The standard InChI is InChI=1S/C8H4BF3O2/c9-6-2-4(7(13)14)1-5(3-6)8(10,11)12/h1-3H,(H,13,14). The van der Waals surface area contributed by atoms with Crippen LogP contribution in [0.4, 0.5) is 13.2 Å². The summed E-state index contributed by atoms with van der Waals surface area (Å²) < 4.78 is 36.5. The number of hydrogen-bond acceptors (Lipinski definition) is 1. The van der Waals surface area contributed by atoms with E-state index in [0.717, 1.165) is 6.07 Å². The van der Waals surface area contributed by atoms with Gasteiger partial charge in [0.1, 0.15) is 7.85 Å². The summed E-state index contributed by atoms with van der Waals surface area (Å²) in [5, 5.41) is 8.48. The smallest absolute Gasteiger partial charge is 0.416 e. The van der Waals surface area contributed by atoms with Crippen LogP contribution in [0.2, 0.25) is 0 Å². The van der Waals surface area contributed by atoms with Gasteiger partial charge >= 0.3 is 12.1 Å². The summed E-state index contributed by atoms with van der Waals surface area (Å²) in [5.41, 5.74) is -1.76. The van der Waals surface area contributed by atoms with Crippen molar-refractivity contribution in [3.63, 3.8) is 0 Å². The van der Waals surface area contributed by atoms with Crippen molar-refractivity contribution in [1.82, 2.24) is 0 Å². The lowest BCUT2D eigenvalue weighted by Crippen LogP contribution is -2.14. The first kappa shape index (κ1) is 10.6. The van der Waals surface area contributed by atoms with Gasteiger partial charge < -0.3 is 5.11 Å². The molecule has 1 aromatic carbocycles. The largest absolute Gasteiger partial charge is 0.478 e. The first-order valence-corrected chi connectivity index (χ1v) is 3.52. The van der Waals surface area contributed by atoms with E-state index in [1.807, 2.05) is 0 Å². The zero-order valence-corrected chi connectivity index (χ0v) is 6.80. The molecule has 0 heterocycles. The third kappa shape index (κ3) is 2.28. The Balaban J connectivity index is 3.28. The minimum atomic E-state index is -4.58. The fraction of sp³-hybridized carbons (Fsp3) is 0.125. The van der Waals surface area contributed by atoms with Crippen molar-refractivity contribution in [2.75, 3.05) is 0 Å². The molecule has 0 unspecified atom stereocenters. The number of carboxylic acid groups (broad SMARTS) is 1. The first-order valence-electron chi connectivity index (χ1n) is 3.52. The van der Waals surface area contributed by atoms with Gasteiger partial charge in [-0.25, -0.2) is 4.79 Å². The number of alkyl halides is 3. The van der Waals surface area contributed by atoms with E-state index in [2.05, 4.69) is 0 Å². The number of carbonyl (C=O) groups is 1. The molecule has 0 saturated carbocycles. The van der Waals surface area contributed by atoms with Crippen molar-refractivity contribution in [3.8, 4) is 0 Å². The Morgan fingerprint density at radius 3 is 2.29 bits per heavy atom. The Labute approximate surface area is 78.8 Å². The highest BCUT2D eigenvalue weighted by atomic mass is 19.4. The lowest BCUT2D eigenvalue weighted by atomic mass is 9.92. The summed E-state index contributed by atoms with van der Waals surface area (Å²) in [7, 11) is 5.13. The molecule has 0 atom stereocenters. The van der Waals surface area contributed by atoms with Gasteiger partial charge in [-0.1, -0.05) is 17.6 Å². The molecule has 14 heavy (non-hydrogen) atoms. The summed E-state index contributed by atoms with van der Waals surface area (Å²) in [6.07, 6.45) is -4.58. The highest BCUT2D eigenvalue weighted by molar-refractivity contribution is 6.32. The third-order valence-corrected chi connectivity index (χ3v) is 1.53. The van der Waals surface area contributed by atoms with Crippen molar-refractivity contribution in [1.29, 1.82) is 0 Å². The first-order chi connectivity index (χ1) is 6.30. The zero-order chi connectivity index (χ0) is 10.9. The molecule has 2 nitrogen and oxygen atoms in total. The van der Waals surface area contributed by atoms with Gasteiger partial charge in [-0.3, -0.25) is 0 Å². The number of benzene rings is 1. The molecule has 0 aliphatic carbocycles. The van der Waals surface area contributed by atoms with Gasteiger partial charge in [0.05, 0.1) is 11.1 Å². The van der Waals surface area contributed by atoms with Crippen LogP contribution >= 0.6 is 0 Å². The molecular weight excluding hydrogens is 196 g/mol. The molecule has 1 rings (SSSR count). The molecule has 0 aromatic heterocycles. The molecule has 0 bridgehead atoms. The van der Waals surface area contributed by atoms with E-state index < -0.39 is 23.3 Å². The summed E-state index contributed by atoms with van der Waals surface area (Å²) in [6.45, 7) is 0. The minimum Gasteiger partial charge on any atom is -0.478 e. The number of carboxylic acids is 1. The van der Waals surface area contributed by atoms with Crippen molar-refractivity contribution < 1.29 is 23.1 Å². The third-order valence-electron chi connectivity index (χ3n) is 1.53. The molecule has 0 spiro atoms. The minimum absolute atomic E-state index is 0.225. The Kier molecular flexibility index (Phi) is 2.55. The molecular formula is C8H4BF3O2. The van der Waals surface area contributed by atoms with Crippen molar-refractivity contribution in [2.45, 2.75) is 6.18 Å². The quantitative estimate of drug-likeness (QED) is 0.691. The number of rotatable bonds is 1. The molecule has 0 saturated heterocycles. The van der Waals surface area contributed by atoms with E-state index in [4.69, 9.17) is 13.0 Å². The van der Waals surface area contributed by atoms with E-state index in [1.54, 1.807) is 0 Å². The lowest BCUT2D eigenvalue weighted by Gasteiger charge is -2.08. The van der Waals surface area contributed by atoms with Crippen molar-refractivity contribution in [3.05, 3.63) is 29.3 Å². The van der Waals surface area contributed by atoms with Gasteiger partial charge in [0.2, 0.25) is 0 Å². The molecule has 6 heteroatoms. The summed E-state index contributed by atoms with van der Waals surface area (Å²) in [5.74, 6) is -1.44. The van der Waals surface area contributed by atoms with Gasteiger partial charge in [0.25, 0.3) is 0 Å². The average molecular weight is 200 g/mol. The molecule has 0 aliphatic heterocycles. The number of halogens is 3. The summed E-state index contributed by atoms with van der Waals surface area (Å²) >= 11 is 0. The highest BCUT2D eigenvalue weighted by Crippen LogP contribution is 2.28. The maximum atomic E-state index is 12.2. The Hall–Kier alpha value is -1.46. The highest BCUT2D eigenvalue weighted by Gasteiger charge is 2.31. The normalized spacial score (nSPS) is 11.4. The van der Waals surface area contributed by atoms with Crippen LogP contribution in [-0.4, -0.2) is 18.9 Å². The molecule has 0 amide bonds. The van der Waals surface area contributed by atoms with Crippen LogP contribution in [0.3, 0.4) is 0 Å². The van der Waals surface area contributed by atoms with Gasteiger partial charge in [-0.05, 0) is 6.07 Å². The molecule has 0 aliphatic rings. The van der Waals surface area contributed by atoms with Gasteiger partial charge in [-0.15, -0.1) is 0 Å². The second-order valence-corrected chi connectivity index (χ2v) is 2.65. The van der Waals surface area contributed by atoms with Crippen LogP contribution in [0.1, 0.15) is 15.9 Å². The Morgan fingerprint density at radius 1 is 1.29 bits per heavy atom. The lowest BCUT2D eigenvalue weighted by molar-refractivity contribution is -0.137. The summed E-state index contributed by atoms with van der Waals surface area (Å²) in [6, 6.07) is 2.20. The SMILES string of the molecule is [B]c1cc(C(=O)O)cc(C(F)(F)F)c1. The summed E-state index contributed by atoms with van der Waals surface area (Å²) in [4.78, 5) is 10.4. The molecule has 1 N–H and O–H groups in total. The molecule has 0 fully saturated rings. The average Bonchev–Trinajstić information content (AvgIpc) is 2.01. The van der Waals surface area contributed by atoms with E-state index in [1.165, 1.54) is 0 Å². The van der Waals surface area contributed by atoms with Crippen LogP contribution in [-0.2, 0) is 6.18 Å². The predicted octanol–water partition coefficient (Wildman–Crippen LogP) is 1.20. The van der Waals surface area contributed by atoms with Gasteiger partial charge in [-0.2, -0.15) is 13.2 Å². The number of aromatic carboxylic acids is 1. The maximum Gasteiger partial charge on any atom is 0.416 e. The van der Waals surface area contributed by atoms with Crippen LogP contribution < -0.4 is 5.46 Å². The molecule has 2 radical (unpaired) electrons. The van der Waals surface area contributed by atoms with E-state index >= 15 is 0 Å². The fourth-order valence-corrected chi connectivity index (χ4v) is 0.939. The Bertz CT molecular complexity index is 373. The molecule has 1 aromatic rings. The van der Waals surface area contributed by atoms with E-state index in [0.29, 0.717) is 12.1 Å².